The predicted molar refractivity (Wildman–Crippen MR) is 119 cm³/mol. The average Bonchev–Trinajstić information content (AvgIpc) is 3.18. The molecule has 5 nitrogen and oxygen atoms in total. The van der Waals surface area contributed by atoms with E-state index in [4.69, 9.17) is 9.47 Å². The summed E-state index contributed by atoms with van der Waals surface area (Å²) >= 11 is 0. The van der Waals surface area contributed by atoms with Gasteiger partial charge in [0, 0.05) is 12.3 Å². The summed E-state index contributed by atoms with van der Waals surface area (Å²) in [5.41, 5.74) is 3.82. The van der Waals surface area contributed by atoms with E-state index in [-0.39, 0.29) is 0 Å². The maximum atomic E-state index is 5.90. The van der Waals surface area contributed by atoms with Crippen LogP contribution in [0.3, 0.4) is 0 Å². The molecule has 150 valence electrons. The fourth-order valence-electron chi connectivity index (χ4n) is 2.95. The maximum Gasteiger partial charge on any atom is 0.216 e. The van der Waals surface area contributed by atoms with E-state index in [0.29, 0.717) is 19.1 Å². The number of hydrogen-bond acceptors (Lipinski definition) is 4. The van der Waals surface area contributed by atoms with Crippen molar-refractivity contribution in [3.63, 3.8) is 0 Å². The molecule has 0 unspecified atom stereocenters. The van der Waals surface area contributed by atoms with Gasteiger partial charge in [-0.2, -0.15) is 5.10 Å². The van der Waals surface area contributed by atoms with Crippen LogP contribution in [-0.4, -0.2) is 29.2 Å². The lowest BCUT2D eigenvalue weighted by Crippen LogP contribution is -2.11. The molecule has 0 saturated heterocycles. The highest BCUT2D eigenvalue weighted by atomic mass is 16.5. The Morgan fingerprint density at radius 3 is 2.23 bits per heavy atom. The Morgan fingerprint density at radius 2 is 1.50 bits per heavy atom. The van der Waals surface area contributed by atoms with Crippen LogP contribution in [-0.2, 0) is 0 Å². The summed E-state index contributed by atoms with van der Waals surface area (Å²) in [5, 5.41) is 4.51. The number of rotatable bonds is 8. The van der Waals surface area contributed by atoms with Crippen molar-refractivity contribution in [2.75, 3.05) is 13.2 Å². The quantitative estimate of drug-likeness (QED) is 0.296. The van der Waals surface area contributed by atoms with Gasteiger partial charge in [-0.15, -0.1) is 0 Å². The molecule has 5 heteroatoms. The third-order valence-electron chi connectivity index (χ3n) is 4.40. The molecule has 0 aliphatic carbocycles. The molecule has 0 aliphatic heterocycles. The van der Waals surface area contributed by atoms with E-state index in [9.17, 15) is 0 Å². The highest BCUT2D eigenvalue weighted by Gasteiger charge is 2.08. The van der Waals surface area contributed by atoms with Gasteiger partial charge in [0.15, 0.2) is 0 Å². The average molecular weight is 397 g/mol. The number of aryl methyl sites for hydroxylation is 1. The van der Waals surface area contributed by atoms with Crippen molar-refractivity contribution < 1.29 is 9.47 Å². The number of ether oxygens (including phenoxy) is 2. The Kier molecular flexibility index (Phi) is 6.20. The van der Waals surface area contributed by atoms with Gasteiger partial charge in [-0.3, -0.25) is 4.99 Å². The minimum absolute atomic E-state index is 0.426. The van der Waals surface area contributed by atoms with Crippen molar-refractivity contribution in [3.05, 3.63) is 102 Å². The molecule has 1 heterocycles. The van der Waals surface area contributed by atoms with Gasteiger partial charge in [0.25, 0.3) is 0 Å². The molecule has 0 atom stereocenters. The van der Waals surface area contributed by atoms with E-state index in [1.807, 2.05) is 104 Å². The lowest BCUT2D eigenvalue weighted by atomic mass is 10.2. The highest BCUT2D eigenvalue weighted by molar-refractivity contribution is 5.82. The van der Waals surface area contributed by atoms with Crippen LogP contribution in [0, 0.1) is 6.92 Å². The molecule has 0 aliphatic rings. The lowest BCUT2D eigenvalue weighted by molar-refractivity contribution is 0.208. The van der Waals surface area contributed by atoms with Gasteiger partial charge in [-0.1, -0.05) is 36.4 Å². The number of aromatic nitrogens is 2. The first-order valence-corrected chi connectivity index (χ1v) is 9.85. The molecule has 0 fully saturated rings. The van der Waals surface area contributed by atoms with Gasteiger partial charge in [0.1, 0.15) is 19.0 Å². The summed E-state index contributed by atoms with van der Waals surface area (Å²) in [6, 6.07) is 29.6. The fourth-order valence-corrected chi connectivity index (χ4v) is 2.95. The van der Waals surface area contributed by atoms with E-state index in [2.05, 4.69) is 10.1 Å². The minimum Gasteiger partial charge on any atom is -0.490 e. The van der Waals surface area contributed by atoms with Gasteiger partial charge in [-0.05, 0) is 61.0 Å². The minimum atomic E-state index is 0.426. The number of hydrogen-bond donors (Lipinski definition) is 0. The Balaban J connectivity index is 1.29. The summed E-state index contributed by atoms with van der Waals surface area (Å²) in [6.45, 7) is 2.82. The molecule has 4 aromatic rings. The Bertz CT molecular complexity index is 1090. The molecule has 0 spiro atoms. The normalized spacial score (nSPS) is 11.0. The summed E-state index contributed by atoms with van der Waals surface area (Å²) in [4.78, 5) is 4.46. The monoisotopic (exact) mass is 397 g/mol. The van der Waals surface area contributed by atoms with Crippen LogP contribution in [0.4, 0.5) is 5.69 Å². The van der Waals surface area contributed by atoms with Gasteiger partial charge < -0.3 is 9.47 Å². The largest absolute Gasteiger partial charge is 0.490 e. The molecular weight excluding hydrogens is 374 g/mol. The van der Waals surface area contributed by atoms with E-state index >= 15 is 0 Å². The first-order chi connectivity index (χ1) is 14.8. The zero-order chi connectivity index (χ0) is 20.6. The molecule has 0 bridgehead atoms. The molecule has 4 rings (SSSR count). The van der Waals surface area contributed by atoms with E-state index in [1.54, 1.807) is 4.68 Å². The topological polar surface area (TPSA) is 48.6 Å². The van der Waals surface area contributed by atoms with Gasteiger partial charge >= 0.3 is 0 Å². The van der Waals surface area contributed by atoms with Crippen LogP contribution in [0.2, 0.25) is 0 Å². The first-order valence-electron chi connectivity index (χ1n) is 9.85. The molecular formula is C25H23N3O2. The summed E-state index contributed by atoms with van der Waals surface area (Å²) in [6.07, 6.45) is 1.84. The van der Waals surface area contributed by atoms with Crippen LogP contribution in [0.15, 0.2) is 96.0 Å². The van der Waals surface area contributed by atoms with E-state index < -0.39 is 0 Å². The Labute approximate surface area is 176 Å². The van der Waals surface area contributed by atoms with Crippen molar-refractivity contribution in [1.29, 1.82) is 0 Å². The van der Waals surface area contributed by atoms with Crippen molar-refractivity contribution in [1.82, 2.24) is 9.78 Å². The maximum absolute atomic E-state index is 5.90. The van der Waals surface area contributed by atoms with Crippen LogP contribution in [0.5, 0.6) is 11.6 Å². The number of para-hydroxylation sites is 2. The van der Waals surface area contributed by atoms with Crippen LogP contribution in [0.25, 0.3) is 5.69 Å². The second-order valence-corrected chi connectivity index (χ2v) is 6.73. The molecule has 30 heavy (non-hydrogen) atoms. The van der Waals surface area contributed by atoms with Crippen molar-refractivity contribution in [2.45, 2.75) is 6.92 Å². The van der Waals surface area contributed by atoms with Crippen LogP contribution < -0.4 is 9.47 Å². The van der Waals surface area contributed by atoms with Crippen molar-refractivity contribution in [2.24, 2.45) is 4.99 Å². The zero-order valence-electron chi connectivity index (χ0n) is 16.8. The molecule has 0 N–H and O–H groups in total. The molecule has 0 saturated carbocycles. The van der Waals surface area contributed by atoms with Gasteiger partial charge in [0.05, 0.1) is 17.1 Å². The third-order valence-corrected chi connectivity index (χ3v) is 4.40. The third kappa shape index (κ3) is 5.14. The van der Waals surface area contributed by atoms with E-state index in [1.165, 1.54) is 0 Å². The Hall–Kier alpha value is -3.86. The standard InChI is InChI=1S/C25H23N3O2/c1-20-18-25(28(27-20)23-10-6-3-7-11-23)30-17-16-29-24-14-12-21(13-15-24)19-26-22-8-4-2-5-9-22/h2-15,18-19H,16-17H2,1H3. The summed E-state index contributed by atoms with van der Waals surface area (Å²) in [5.74, 6) is 1.50. The van der Waals surface area contributed by atoms with E-state index in [0.717, 1.165) is 28.4 Å². The molecule has 0 amide bonds. The van der Waals surface area contributed by atoms with Crippen LogP contribution in [0.1, 0.15) is 11.3 Å². The molecule has 3 aromatic carbocycles. The molecule has 1 aromatic heterocycles. The second-order valence-electron chi connectivity index (χ2n) is 6.73. The fraction of sp³-hybridized carbons (Fsp3) is 0.120. The van der Waals surface area contributed by atoms with Crippen LogP contribution >= 0.6 is 0 Å². The van der Waals surface area contributed by atoms with Crippen molar-refractivity contribution in [3.8, 4) is 17.3 Å². The smallest absolute Gasteiger partial charge is 0.216 e. The number of benzene rings is 3. The zero-order valence-corrected chi connectivity index (χ0v) is 16.8. The first kappa shape index (κ1) is 19.5. The SMILES string of the molecule is Cc1cc(OCCOc2ccc(C=Nc3ccccc3)cc2)n(-c2ccccc2)n1. The highest BCUT2D eigenvalue weighted by Crippen LogP contribution is 2.19. The second kappa shape index (κ2) is 9.56. The summed E-state index contributed by atoms with van der Waals surface area (Å²) in [7, 11) is 0. The van der Waals surface area contributed by atoms with Crippen molar-refractivity contribution >= 4 is 11.9 Å². The van der Waals surface area contributed by atoms with Gasteiger partial charge in [-0.25, -0.2) is 4.68 Å². The Morgan fingerprint density at radius 1 is 0.833 bits per heavy atom. The predicted octanol–water partition coefficient (Wildman–Crippen LogP) is 5.39. The number of nitrogens with zero attached hydrogens (tertiary/aromatic N) is 3. The molecule has 0 radical (unpaired) electrons. The lowest BCUT2D eigenvalue weighted by Gasteiger charge is -2.10. The van der Waals surface area contributed by atoms with Gasteiger partial charge in [0.2, 0.25) is 5.88 Å². The number of aliphatic imine (C=N–C) groups is 1. The summed E-state index contributed by atoms with van der Waals surface area (Å²) < 4.78 is 13.5.